The van der Waals surface area contributed by atoms with E-state index in [9.17, 15) is 4.79 Å². The van der Waals surface area contributed by atoms with E-state index in [1.807, 2.05) is 13.8 Å². The minimum Gasteiger partial charge on any atom is -0.373 e. The lowest BCUT2D eigenvalue weighted by Gasteiger charge is -2.24. The van der Waals surface area contributed by atoms with E-state index in [-0.39, 0.29) is 17.6 Å². The van der Waals surface area contributed by atoms with Crippen molar-refractivity contribution in [2.75, 3.05) is 13.2 Å². The standard InChI is InChI=1S/C10H20N2O2/c1-3-8(11)9(13)12-7-10(2)5-4-6-14-10/h8H,3-7,11H2,1-2H3,(H,12,13). The molecule has 0 aromatic heterocycles. The van der Waals surface area contributed by atoms with Gasteiger partial charge in [-0.05, 0) is 26.2 Å². The molecule has 3 N–H and O–H groups in total. The average molecular weight is 200 g/mol. The van der Waals surface area contributed by atoms with Crippen LogP contribution in [0.2, 0.25) is 0 Å². The molecule has 0 saturated carbocycles. The third-order valence-corrected chi connectivity index (χ3v) is 2.71. The summed E-state index contributed by atoms with van der Waals surface area (Å²) in [6.07, 6.45) is 2.75. The van der Waals surface area contributed by atoms with Gasteiger partial charge in [0.05, 0.1) is 11.6 Å². The number of nitrogens with one attached hydrogen (secondary N) is 1. The molecule has 0 radical (unpaired) electrons. The van der Waals surface area contributed by atoms with Gasteiger partial charge in [0.25, 0.3) is 0 Å². The molecule has 2 atom stereocenters. The number of hydrogen-bond acceptors (Lipinski definition) is 3. The minimum atomic E-state index is -0.389. The molecule has 1 rings (SSSR count). The molecule has 82 valence electrons. The van der Waals surface area contributed by atoms with Gasteiger partial charge in [0.1, 0.15) is 0 Å². The third-order valence-electron chi connectivity index (χ3n) is 2.71. The van der Waals surface area contributed by atoms with Crippen LogP contribution in [0.1, 0.15) is 33.1 Å². The second-order valence-electron chi connectivity index (χ2n) is 4.13. The van der Waals surface area contributed by atoms with E-state index in [1.54, 1.807) is 0 Å². The van der Waals surface area contributed by atoms with E-state index < -0.39 is 0 Å². The van der Waals surface area contributed by atoms with Gasteiger partial charge in [-0.3, -0.25) is 4.79 Å². The first-order chi connectivity index (χ1) is 6.57. The molecule has 14 heavy (non-hydrogen) atoms. The van der Waals surface area contributed by atoms with Crippen LogP contribution < -0.4 is 11.1 Å². The monoisotopic (exact) mass is 200 g/mol. The van der Waals surface area contributed by atoms with E-state index in [0.29, 0.717) is 13.0 Å². The predicted octanol–water partition coefficient (Wildman–Crippen LogP) is 0.409. The maximum atomic E-state index is 11.4. The molecule has 1 heterocycles. The molecule has 2 unspecified atom stereocenters. The molecule has 0 spiro atoms. The van der Waals surface area contributed by atoms with Crippen molar-refractivity contribution in [1.82, 2.24) is 5.32 Å². The summed E-state index contributed by atoms with van der Waals surface area (Å²) in [5, 5.41) is 2.83. The summed E-state index contributed by atoms with van der Waals surface area (Å²) in [7, 11) is 0. The van der Waals surface area contributed by atoms with E-state index in [4.69, 9.17) is 10.5 Å². The largest absolute Gasteiger partial charge is 0.373 e. The molecule has 0 aromatic rings. The summed E-state index contributed by atoms with van der Waals surface area (Å²) in [6, 6.07) is -0.389. The van der Waals surface area contributed by atoms with Crippen LogP contribution >= 0.6 is 0 Å². The Hall–Kier alpha value is -0.610. The molecule has 1 aliphatic heterocycles. The van der Waals surface area contributed by atoms with Gasteiger partial charge < -0.3 is 15.8 Å². The van der Waals surface area contributed by atoms with Gasteiger partial charge in [0, 0.05) is 13.2 Å². The molecule has 1 fully saturated rings. The number of nitrogens with two attached hydrogens (primary N) is 1. The number of ether oxygens (including phenoxy) is 1. The lowest BCUT2D eigenvalue weighted by Crippen LogP contribution is -2.46. The topological polar surface area (TPSA) is 64.4 Å². The highest BCUT2D eigenvalue weighted by atomic mass is 16.5. The van der Waals surface area contributed by atoms with Crippen molar-refractivity contribution in [2.24, 2.45) is 5.73 Å². The van der Waals surface area contributed by atoms with Crippen molar-refractivity contribution in [1.29, 1.82) is 0 Å². The first kappa shape index (κ1) is 11.5. The molecular weight excluding hydrogens is 180 g/mol. The van der Waals surface area contributed by atoms with Gasteiger partial charge in [-0.25, -0.2) is 0 Å². The van der Waals surface area contributed by atoms with Crippen LogP contribution in [0.15, 0.2) is 0 Å². The highest BCUT2D eigenvalue weighted by molar-refractivity contribution is 5.81. The lowest BCUT2D eigenvalue weighted by molar-refractivity contribution is -0.123. The summed E-state index contributed by atoms with van der Waals surface area (Å²) in [5.41, 5.74) is 5.41. The Kier molecular flexibility index (Phi) is 3.89. The molecule has 1 amide bonds. The smallest absolute Gasteiger partial charge is 0.237 e. The van der Waals surface area contributed by atoms with Crippen LogP contribution in [-0.2, 0) is 9.53 Å². The highest BCUT2D eigenvalue weighted by Crippen LogP contribution is 2.23. The van der Waals surface area contributed by atoms with Crippen LogP contribution in [0.4, 0.5) is 0 Å². The van der Waals surface area contributed by atoms with Gasteiger partial charge in [-0.2, -0.15) is 0 Å². The summed E-state index contributed by atoms with van der Waals surface area (Å²) >= 11 is 0. The first-order valence-electron chi connectivity index (χ1n) is 5.24. The number of rotatable bonds is 4. The van der Waals surface area contributed by atoms with Crippen LogP contribution in [0.5, 0.6) is 0 Å². The number of hydrogen-bond donors (Lipinski definition) is 2. The zero-order chi connectivity index (χ0) is 10.6. The summed E-state index contributed by atoms with van der Waals surface area (Å²) in [5.74, 6) is -0.0794. The van der Waals surface area contributed by atoms with Crippen molar-refractivity contribution in [3.63, 3.8) is 0 Å². The molecule has 1 saturated heterocycles. The van der Waals surface area contributed by atoms with E-state index >= 15 is 0 Å². The Bertz CT molecular complexity index is 200. The Labute approximate surface area is 85.2 Å². The van der Waals surface area contributed by atoms with Gasteiger partial charge >= 0.3 is 0 Å². The van der Waals surface area contributed by atoms with Crippen LogP contribution in [0.3, 0.4) is 0 Å². The van der Waals surface area contributed by atoms with Gasteiger partial charge in [-0.15, -0.1) is 0 Å². The highest BCUT2D eigenvalue weighted by Gasteiger charge is 2.30. The Morgan fingerprint density at radius 2 is 2.43 bits per heavy atom. The fourth-order valence-corrected chi connectivity index (χ4v) is 1.57. The zero-order valence-electron chi connectivity index (χ0n) is 9.01. The van der Waals surface area contributed by atoms with Crippen molar-refractivity contribution in [3.05, 3.63) is 0 Å². The molecule has 4 nitrogen and oxygen atoms in total. The van der Waals surface area contributed by atoms with Gasteiger partial charge in [-0.1, -0.05) is 6.92 Å². The van der Waals surface area contributed by atoms with Crippen molar-refractivity contribution < 1.29 is 9.53 Å². The normalized spacial score (nSPS) is 28.8. The first-order valence-corrected chi connectivity index (χ1v) is 5.24. The maximum absolute atomic E-state index is 11.4. The minimum absolute atomic E-state index is 0.0794. The predicted molar refractivity (Wildman–Crippen MR) is 54.9 cm³/mol. The maximum Gasteiger partial charge on any atom is 0.237 e. The van der Waals surface area contributed by atoms with Crippen LogP contribution in [0.25, 0.3) is 0 Å². The summed E-state index contributed by atoms with van der Waals surface area (Å²) < 4.78 is 5.55. The number of amides is 1. The lowest BCUT2D eigenvalue weighted by atomic mass is 10.0. The second-order valence-corrected chi connectivity index (χ2v) is 4.13. The van der Waals surface area contributed by atoms with Crippen molar-refractivity contribution >= 4 is 5.91 Å². The van der Waals surface area contributed by atoms with Crippen LogP contribution in [0, 0.1) is 0 Å². The van der Waals surface area contributed by atoms with Gasteiger partial charge in [0.2, 0.25) is 5.91 Å². The van der Waals surface area contributed by atoms with Gasteiger partial charge in [0.15, 0.2) is 0 Å². The van der Waals surface area contributed by atoms with Crippen molar-refractivity contribution in [3.8, 4) is 0 Å². The fraction of sp³-hybridized carbons (Fsp3) is 0.900. The molecule has 0 aromatic carbocycles. The van der Waals surface area contributed by atoms with E-state index in [2.05, 4.69) is 5.32 Å². The molecule has 4 heteroatoms. The molecule has 0 aliphatic carbocycles. The SMILES string of the molecule is CCC(N)C(=O)NCC1(C)CCCO1. The van der Waals surface area contributed by atoms with E-state index in [1.165, 1.54) is 0 Å². The molecular formula is C10H20N2O2. The number of carbonyl (C=O) groups excluding carboxylic acids is 1. The summed E-state index contributed by atoms with van der Waals surface area (Å²) in [6.45, 7) is 5.29. The molecule has 1 aliphatic rings. The van der Waals surface area contributed by atoms with E-state index in [0.717, 1.165) is 19.4 Å². The zero-order valence-corrected chi connectivity index (χ0v) is 9.01. The molecule has 0 bridgehead atoms. The second kappa shape index (κ2) is 4.75. The quantitative estimate of drug-likeness (QED) is 0.691. The summed E-state index contributed by atoms with van der Waals surface area (Å²) in [4.78, 5) is 11.4. The Morgan fingerprint density at radius 3 is 2.93 bits per heavy atom. The fourth-order valence-electron chi connectivity index (χ4n) is 1.57. The number of carbonyl (C=O) groups is 1. The van der Waals surface area contributed by atoms with Crippen LogP contribution in [-0.4, -0.2) is 30.7 Å². The average Bonchev–Trinajstić information content (AvgIpc) is 2.61. The Balaban J connectivity index is 2.29. The van der Waals surface area contributed by atoms with Crippen molar-refractivity contribution in [2.45, 2.75) is 44.8 Å². The third kappa shape index (κ3) is 2.96. The Morgan fingerprint density at radius 1 is 1.71 bits per heavy atom.